The number of aliphatic carboxylic acids is 1. The maximum absolute atomic E-state index is 10.7. The summed E-state index contributed by atoms with van der Waals surface area (Å²) >= 11 is 0. The van der Waals surface area contributed by atoms with Crippen molar-refractivity contribution in [1.29, 1.82) is 0 Å². The normalized spacial score (nSPS) is 14.5. The Balaban J connectivity index is 2.67. The van der Waals surface area contributed by atoms with Crippen molar-refractivity contribution in [2.45, 2.75) is 45.6 Å². The summed E-state index contributed by atoms with van der Waals surface area (Å²) in [6.45, 7) is 5.68. The average molecular weight is 249 g/mol. The molecule has 0 heterocycles. The first-order valence-electron chi connectivity index (χ1n) is 6.31. The van der Waals surface area contributed by atoms with Crippen LogP contribution in [-0.4, -0.2) is 16.7 Å². The van der Waals surface area contributed by atoms with Gasteiger partial charge in [-0.15, -0.1) is 0 Å². The zero-order valence-corrected chi connectivity index (χ0v) is 11.3. The van der Waals surface area contributed by atoms with Crippen LogP contribution >= 0.6 is 0 Å². The van der Waals surface area contributed by atoms with Gasteiger partial charge in [-0.05, 0) is 31.2 Å². The fourth-order valence-electron chi connectivity index (χ4n) is 1.95. The Hall–Kier alpha value is -1.35. The van der Waals surface area contributed by atoms with Gasteiger partial charge in [0.15, 0.2) is 0 Å². The van der Waals surface area contributed by atoms with Gasteiger partial charge in [0.1, 0.15) is 0 Å². The van der Waals surface area contributed by atoms with Crippen molar-refractivity contribution in [3.63, 3.8) is 0 Å². The predicted molar refractivity (Wildman–Crippen MR) is 68.9 cm³/mol. The number of carbonyl (C=O) groups is 1. The van der Waals surface area contributed by atoms with Crippen molar-refractivity contribution < 1.29 is 15.0 Å². The van der Waals surface area contributed by atoms with E-state index in [0.29, 0.717) is 12.8 Å². The quantitative estimate of drug-likeness (QED) is 0.830. The minimum absolute atomic E-state index is 0.110. The summed E-state index contributed by atoms with van der Waals surface area (Å²) in [4.78, 5) is 10.7. The first kappa shape index (κ1) is 14.7. The molecule has 0 unspecified atom stereocenters. The van der Waals surface area contributed by atoms with Crippen LogP contribution in [0.5, 0.6) is 0 Å². The van der Waals surface area contributed by atoms with Crippen molar-refractivity contribution in [3.8, 4) is 0 Å². The Morgan fingerprint density at radius 1 is 1.33 bits per heavy atom. The van der Waals surface area contributed by atoms with E-state index in [-0.39, 0.29) is 12.3 Å². The van der Waals surface area contributed by atoms with Gasteiger partial charge in [0.05, 0.1) is 5.60 Å². The summed E-state index contributed by atoms with van der Waals surface area (Å²) < 4.78 is 0. The molecule has 0 amide bonds. The maximum atomic E-state index is 10.7. The predicted octanol–water partition coefficient (Wildman–Crippen LogP) is 1.45. The molecule has 0 aliphatic heterocycles. The molecule has 1 rings (SSSR count). The van der Waals surface area contributed by atoms with Crippen LogP contribution < -0.4 is 5.11 Å². The van der Waals surface area contributed by atoms with Crippen molar-refractivity contribution in [3.05, 3.63) is 35.4 Å². The summed E-state index contributed by atoms with van der Waals surface area (Å²) in [7, 11) is 0. The van der Waals surface area contributed by atoms with Gasteiger partial charge in [-0.3, -0.25) is 0 Å². The van der Waals surface area contributed by atoms with E-state index >= 15 is 0 Å². The number of carboxylic acid groups (broad SMARTS) is 1. The van der Waals surface area contributed by atoms with Crippen LogP contribution in [0.3, 0.4) is 0 Å². The van der Waals surface area contributed by atoms with Crippen LogP contribution in [0.4, 0.5) is 0 Å². The molecular weight excluding hydrogens is 228 g/mol. The number of benzene rings is 1. The van der Waals surface area contributed by atoms with Gasteiger partial charge in [-0.2, -0.15) is 0 Å². The summed E-state index contributed by atoms with van der Waals surface area (Å²) in [6, 6.07) is 8.05. The van der Waals surface area contributed by atoms with E-state index in [0.717, 1.165) is 5.56 Å². The van der Waals surface area contributed by atoms with Crippen LogP contribution in [0.25, 0.3) is 0 Å². The molecule has 1 N–H and O–H groups in total. The lowest BCUT2D eigenvalue weighted by molar-refractivity contribution is -0.310. The Labute approximate surface area is 108 Å². The second kappa shape index (κ2) is 6.01. The Morgan fingerprint density at radius 2 is 1.89 bits per heavy atom. The largest absolute Gasteiger partial charge is 0.550 e. The number of hydrogen-bond acceptors (Lipinski definition) is 3. The lowest BCUT2D eigenvalue weighted by atomic mass is 9.82. The highest BCUT2D eigenvalue weighted by Crippen LogP contribution is 2.26. The number of hydrogen-bond donors (Lipinski definition) is 1. The summed E-state index contributed by atoms with van der Waals surface area (Å²) in [5.74, 6) is -1.31. The van der Waals surface area contributed by atoms with Crippen LogP contribution in [0.15, 0.2) is 24.3 Å². The molecule has 18 heavy (non-hydrogen) atoms. The molecule has 0 radical (unpaired) electrons. The highest BCUT2D eigenvalue weighted by atomic mass is 16.4. The molecule has 1 atom stereocenters. The number of carboxylic acids is 1. The van der Waals surface area contributed by atoms with Gasteiger partial charge in [-0.1, -0.05) is 43.7 Å². The van der Waals surface area contributed by atoms with E-state index in [2.05, 4.69) is 0 Å². The summed E-state index contributed by atoms with van der Waals surface area (Å²) in [5.41, 5.74) is 1.11. The number of aryl methyl sites for hydroxylation is 2. The van der Waals surface area contributed by atoms with Crippen LogP contribution in [0.2, 0.25) is 0 Å². The zero-order chi connectivity index (χ0) is 13.8. The summed E-state index contributed by atoms with van der Waals surface area (Å²) in [6.07, 6.45) is 0.792. The molecule has 3 nitrogen and oxygen atoms in total. The van der Waals surface area contributed by atoms with E-state index in [9.17, 15) is 15.0 Å². The molecule has 3 heteroatoms. The molecule has 0 saturated carbocycles. The highest BCUT2D eigenvalue weighted by Gasteiger charge is 2.30. The van der Waals surface area contributed by atoms with Gasteiger partial charge in [0, 0.05) is 12.4 Å². The second-order valence-corrected chi connectivity index (χ2v) is 5.29. The molecule has 100 valence electrons. The standard InChI is InChI=1S/C15H22O3/c1-11(2)15(18,10-14(16)17)9-8-13-6-4-12(3)5-7-13/h4-7,11,18H,8-10H2,1-3H3,(H,16,17)/p-1/t15-/m0/s1. The lowest BCUT2D eigenvalue weighted by Gasteiger charge is -2.32. The van der Waals surface area contributed by atoms with Crippen molar-refractivity contribution in [1.82, 2.24) is 0 Å². The highest BCUT2D eigenvalue weighted by molar-refractivity contribution is 5.65. The minimum Gasteiger partial charge on any atom is -0.550 e. The van der Waals surface area contributed by atoms with Gasteiger partial charge < -0.3 is 15.0 Å². The third-order valence-corrected chi connectivity index (χ3v) is 3.49. The Morgan fingerprint density at radius 3 is 2.33 bits per heavy atom. The van der Waals surface area contributed by atoms with E-state index in [4.69, 9.17) is 0 Å². The molecule has 0 saturated heterocycles. The average Bonchev–Trinajstić information content (AvgIpc) is 2.27. The molecule has 0 aliphatic rings. The first-order valence-corrected chi connectivity index (χ1v) is 6.31. The Bertz CT molecular complexity index is 395. The van der Waals surface area contributed by atoms with Crippen LogP contribution in [0, 0.1) is 12.8 Å². The summed E-state index contributed by atoms with van der Waals surface area (Å²) in [5, 5.41) is 21.1. The van der Waals surface area contributed by atoms with E-state index < -0.39 is 11.6 Å². The third kappa shape index (κ3) is 4.15. The van der Waals surface area contributed by atoms with Gasteiger partial charge in [0.2, 0.25) is 0 Å². The fraction of sp³-hybridized carbons (Fsp3) is 0.533. The zero-order valence-electron chi connectivity index (χ0n) is 11.3. The minimum atomic E-state index is -1.20. The molecular formula is C15H21O3-. The SMILES string of the molecule is Cc1ccc(CC[C@](O)(CC(=O)[O-])C(C)C)cc1. The van der Waals surface area contributed by atoms with Gasteiger partial charge in [0.25, 0.3) is 0 Å². The van der Waals surface area contributed by atoms with Gasteiger partial charge >= 0.3 is 0 Å². The van der Waals surface area contributed by atoms with E-state index in [1.165, 1.54) is 5.56 Å². The van der Waals surface area contributed by atoms with E-state index in [1.807, 2.05) is 45.0 Å². The van der Waals surface area contributed by atoms with Gasteiger partial charge in [-0.25, -0.2) is 0 Å². The smallest absolute Gasteiger partial charge is 0.0725 e. The number of aliphatic hydroxyl groups is 1. The molecule has 0 bridgehead atoms. The lowest BCUT2D eigenvalue weighted by Crippen LogP contribution is -2.42. The molecule has 0 spiro atoms. The fourth-order valence-corrected chi connectivity index (χ4v) is 1.95. The number of rotatable bonds is 6. The topological polar surface area (TPSA) is 60.4 Å². The van der Waals surface area contributed by atoms with Crippen LogP contribution in [-0.2, 0) is 11.2 Å². The third-order valence-electron chi connectivity index (χ3n) is 3.49. The molecule has 0 aliphatic carbocycles. The second-order valence-electron chi connectivity index (χ2n) is 5.29. The van der Waals surface area contributed by atoms with Crippen molar-refractivity contribution >= 4 is 5.97 Å². The molecule has 1 aromatic rings. The molecule has 0 fully saturated rings. The van der Waals surface area contributed by atoms with Crippen molar-refractivity contribution in [2.24, 2.45) is 5.92 Å². The first-order chi connectivity index (χ1) is 8.33. The van der Waals surface area contributed by atoms with Crippen LogP contribution in [0.1, 0.15) is 37.8 Å². The molecule has 0 aromatic heterocycles. The Kier molecular flexibility index (Phi) is 4.91. The monoisotopic (exact) mass is 249 g/mol. The van der Waals surface area contributed by atoms with E-state index in [1.54, 1.807) is 0 Å². The molecule has 1 aromatic carbocycles. The van der Waals surface area contributed by atoms with Crippen molar-refractivity contribution in [2.75, 3.05) is 0 Å². The number of carbonyl (C=O) groups excluding carboxylic acids is 1. The maximum Gasteiger partial charge on any atom is 0.0725 e.